The molecule has 3 aromatic carbocycles. The number of H-pyrrole nitrogens is 3. The molecule has 0 amide bonds. The molecule has 5 heterocycles. The minimum Gasteiger partial charge on any atom is -0.354 e. The molecule has 0 spiro atoms. The van der Waals surface area contributed by atoms with E-state index < -0.39 is 0 Å². The first-order valence-electron chi connectivity index (χ1n) is 19.3. The van der Waals surface area contributed by atoms with Crippen molar-refractivity contribution in [2.45, 2.75) is 78.6 Å². The summed E-state index contributed by atoms with van der Waals surface area (Å²) in [4.78, 5) is 28.8. The van der Waals surface area contributed by atoms with Crippen LogP contribution in [0.15, 0.2) is 103 Å². The molecule has 0 unspecified atom stereocenters. The summed E-state index contributed by atoms with van der Waals surface area (Å²) in [5.41, 5.74) is 15.0. The fourth-order valence-electron chi connectivity index (χ4n) is 7.68. The van der Waals surface area contributed by atoms with Gasteiger partial charge in [0.15, 0.2) is 0 Å². The summed E-state index contributed by atoms with van der Waals surface area (Å²) >= 11 is 0. The predicted molar refractivity (Wildman–Crippen MR) is 234 cm³/mol. The lowest BCUT2D eigenvalue weighted by molar-refractivity contribution is -0.382. The third-order valence-corrected chi connectivity index (χ3v) is 11.0. The summed E-state index contributed by atoms with van der Waals surface area (Å²) in [6.45, 7) is 19.8. The molecule has 0 aliphatic carbocycles. The van der Waals surface area contributed by atoms with Gasteiger partial charge in [-0.05, 0) is 86.0 Å². The van der Waals surface area contributed by atoms with Crippen LogP contribution in [-0.4, -0.2) is 24.9 Å². The number of nitrogens with zero attached hydrogens (tertiary/aromatic N) is 2. The molecule has 7 nitrogen and oxygen atoms in total. The smallest absolute Gasteiger partial charge is 0.295 e. The Morgan fingerprint density at radius 2 is 0.839 bits per heavy atom. The van der Waals surface area contributed by atoms with Crippen LogP contribution in [0.25, 0.3) is 78.6 Å². The first-order valence-corrected chi connectivity index (χ1v) is 19.3. The Labute approximate surface area is 328 Å². The zero-order chi connectivity index (χ0) is 39.7. The van der Waals surface area contributed by atoms with Crippen molar-refractivity contribution in [3.63, 3.8) is 0 Å². The highest BCUT2D eigenvalue weighted by Gasteiger charge is 2.24. The third-order valence-electron chi connectivity index (χ3n) is 11.0. The van der Waals surface area contributed by atoms with Gasteiger partial charge in [0, 0.05) is 39.3 Å². The van der Waals surface area contributed by atoms with E-state index in [4.69, 9.17) is 4.98 Å². The largest absolute Gasteiger partial charge is 0.354 e. The highest BCUT2D eigenvalue weighted by atomic mass is 16.6. The van der Waals surface area contributed by atoms with Crippen LogP contribution in [0.5, 0.6) is 0 Å². The molecule has 7 aromatic rings. The Balaban J connectivity index is 1.52. The summed E-state index contributed by atoms with van der Waals surface area (Å²) in [7, 11) is 0. The molecule has 0 saturated heterocycles. The van der Waals surface area contributed by atoms with Gasteiger partial charge in [0.1, 0.15) is 5.52 Å². The van der Waals surface area contributed by atoms with Crippen molar-refractivity contribution < 1.29 is 4.92 Å². The molecule has 8 rings (SSSR count). The lowest BCUT2D eigenvalue weighted by Gasteiger charge is -2.19. The van der Waals surface area contributed by atoms with Gasteiger partial charge >= 0.3 is 0 Å². The number of aromatic nitrogens is 4. The van der Waals surface area contributed by atoms with Crippen LogP contribution < -0.4 is 0 Å². The van der Waals surface area contributed by atoms with Gasteiger partial charge in [0.05, 0.1) is 27.3 Å². The van der Waals surface area contributed by atoms with Gasteiger partial charge in [-0.25, -0.2) is 4.98 Å². The standard InChI is InChI=1S/C49H49N5O2/c1-47(2,3)32-16-10-29(11-17-32)43-36-23-22-35(50-36)41-28-42(54(55)56)46(53-41)45(31-14-20-34(21-15-31)49(7,8)9)40-27-26-39(52-40)44(38-25-24-37(43)51-38)30-12-18-33(19-13-30)48(4,5)6/h10-28,50-51,53H,1-9H3. The van der Waals surface area contributed by atoms with Gasteiger partial charge < -0.3 is 15.0 Å². The fraction of sp³-hybridized carbons (Fsp3) is 0.245. The van der Waals surface area contributed by atoms with Gasteiger partial charge in [-0.2, -0.15) is 0 Å². The predicted octanol–water partition coefficient (Wildman–Crippen LogP) is 13.5. The quantitative estimate of drug-likeness (QED) is 0.124. The van der Waals surface area contributed by atoms with Crippen molar-refractivity contribution in [3.8, 4) is 33.4 Å². The minimum absolute atomic E-state index is 0.00635. The van der Waals surface area contributed by atoms with E-state index in [1.165, 1.54) is 16.7 Å². The topological polar surface area (TPSA) is 103 Å². The third kappa shape index (κ3) is 6.72. The molecule has 0 atom stereocenters. The number of fused-ring (bicyclic) bond motifs is 9. The van der Waals surface area contributed by atoms with Crippen LogP contribution in [0.2, 0.25) is 0 Å². The van der Waals surface area contributed by atoms with Crippen LogP contribution in [0.1, 0.15) is 90.4 Å². The van der Waals surface area contributed by atoms with Gasteiger partial charge in [0.2, 0.25) is 0 Å². The summed E-state index contributed by atoms with van der Waals surface area (Å²) in [5.74, 6) is 0. The molecule has 0 saturated carbocycles. The molecule has 8 bridgehead atoms. The van der Waals surface area contributed by atoms with Crippen molar-refractivity contribution >= 4 is 50.9 Å². The number of hydrogen-bond acceptors (Lipinski definition) is 3. The zero-order valence-corrected chi connectivity index (χ0v) is 33.7. The molecular weight excluding hydrogens is 691 g/mol. The Morgan fingerprint density at radius 1 is 0.464 bits per heavy atom. The number of aromatic amines is 3. The maximum atomic E-state index is 12.9. The maximum absolute atomic E-state index is 12.9. The summed E-state index contributed by atoms with van der Waals surface area (Å²) in [6.07, 6.45) is 4.01. The monoisotopic (exact) mass is 739 g/mol. The Bertz CT molecular complexity index is 2790. The highest BCUT2D eigenvalue weighted by Crippen LogP contribution is 2.40. The summed E-state index contributed by atoms with van der Waals surface area (Å²) in [5, 5.41) is 12.9. The van der Waals surface area contributed by atoms with E-state index in [2.05, 4.69) is 168 Å². The van der Waals surface area contributed by atoms with E-state index >= 15 is 0 Å². The molecule has 282 valence electrons. The Kier molecular flexibility index (Phi) is 8.68. The number of nitrogens with one attached hydrogen (secondary N) is 3. The molecule has 7 heteroatoms. The zero-order valence-electron chi connectivity index (χ0n) is 33.7. The molecule has 4 aromatic heterocycles. The van der Waals surface area contributed by atoms with E-state index in [9.17, 15) is 10.1 Å². The number of benzene rings is 3. The van der Waals surface area contributed by atoms with E-state index in [-0.39, 0.29) is 26.9 Å². The first kappa shape index (κ1) is 36.8. The Morgan fingerprint density at radius 3 is 1.29 bits per heavy atom. The van der Waals surface area contributed by atoms with Crippen LogP contribution in [-0.2, 0) is 16.2 Å². The minimum atomic E-state index is -0.307. The second-order valence-corrected chi connectivity index (χ2v) is 18.1. The second kappa shape index (κ2) is 13.2. The van der Waals surface area contributed by atoms with Gasteiger partial charge in [-0.15, -0.1) is 0 Å². The van der Waals surface area contributed by atoms with Crippen LogP contribution in [0.3, 0.4) is 0 Å². The number of nitro groups is 1. The normalized spacial score (nSPS) is 12.8. The number of rotatable bonds is 4. The van der Waals surface area contributed by atoms with Crippen molar-refractivity contribution in [3.05, 3.63) is 141 Å². The van der Waals surface area contributed by atoms with Crippen molar-refractivity contribution in [2.24, 2.45) is 0 Å². The van der Waals surface area contributed by atoms with Crippen molar-refractivity contribution in [1.82, 2.24) is 19.9 Å². The first-order chi connectivity index (χ1) is 26.5. The van der Waals surface area contributed by atoms with E-state index in [1.54, 1.807) is 6.07 Å². The fourth-order valence-corrected chi connectivity index (χ4v) is 7.68. The molecule has 1 aliphatic heterocycles. The van der Waals surface area contributed by atoms with E-state index in [0.29, 0.717) is 22.3 Å². The molecule has 56 heavy (non-hydrogen) atoms. The number of hydrogen-bond donors (Lipinski definition) is 3. The van der Waals surface area contributed by atoms with Crippen LogP contribution in [0, 0.1) is 10.1 Å². The molecule has 0 radical (unpaired) electrons. The van der Waals surface area contributed by atoms with Crippen LogP contribution in [0.4, 0.5) is 5.69 Å². The van der Waals surface area contributed by atoms with Gasteiger partial charge in [-0.1, -0.05) is 135 Å². The average Bonchev–Trinajstić information content (AvgIpc) is 3.97. The van der Waals surface area contributed by atoms with Crippen molar-refractivity contribution in [2.75, 3.05) is 0 Å². The molecule has 3 N–H and O–H groups in total. The molecule has 0 fully saturated rings. The van der Waals surface area contributed by atoms with Crippen LogP contribution >= 0.6 is 0 Å². The molecule has 1 aliphatic rings. The lowest BCUT2D eigenvalue weighted by atomic mass is 9.86. The molecular formula is C49H49N5O2. The van der Waals surface area contributed by atoms with E-state index in [0.717, 1.165) is 55.6 Å². The lowest BCUT2D eigenvalue weighted by Crippen LogP contribution is -2.10. The van der Waals surface area contributed by atoms with Gasteiger partial charge in [0.25, 0.3) is 5.69 Å². The van der Waals surface area contributed by atoms with Gasteiger partial charge in [-0.3, -0.25) is 10.1 Å². The van der Waals surface area contributed by atoms with Crippen molar-refractivity contribution in [1.29, 1.82) is 0 Å². The second-order valence-electron chi connectivity index (χ2n) is 18.1. The SMILES string of the molecule is CC(C)(C)c1ccc(-c2c3nc(c(-c4ccc(C(C)(C)C)cc4)c4[nH]c(cc4[N+](=O)[O-])c4ccc([nH]4)c(-c4ccc(C(C)(C)C)cc4)c4ccc2[nH]4)C=C3)cc1. The maximum Gasteiger partial charge on any atom is 0.295 e. The summed E-state index contributed by atoms with van der Waals surface area (Å²) in [6, 6.07) is 35.7. The Hall–Kier alpha value is -6.21. The highest BCUT2D eigenvalue weighted by molar-refractivity contribution is 6.01. The average molecular weight is 740 g/mol. The summed E-state index contributed by atoms with van der Waals surface area (Å²) < 4.78 is 0. The van der Waals surface area contributed by atoms with E-state index in [1.807, 2.05) is 18.2 Å².